The lowest BCUT2D eigenvalue weighted by Gasteiger charge is -2.21. The van der Waals surface area contributed by atoms with Crippen LogP contribution in [0.4, 0.5) is 4.39 Å². The number of likely N-dealkylation sites (N-methyl/N-ethyl adjacent to an activating group) is 1. The van der Waals surface area contributed by atoms with E-state index >= 15 is 0 Å². The molecule has 0 fully saturated rings. The van der Waals surface area contributed by atoms with E-state index in [0.717, 1.165) is 17.7 Å². The van der Waals surface area contributed by atoms with Crippen LogP contribution in [-0.2, 0) is 6.42 Å². The van der Waals surface area contributed by atoms with Gasteiger partial charge in [0.2, 0.25) is 0 Å². The molecule has 0 heterocycles. The van der Waals surface area contributed by atoms with Crippen LogP contribution in [0, 0.1) is 5.82 Å². The van der Waals surface area contributed by atoms with Crippen LogP contribution in [0.1, 0.15) is 24.1 Å². The molecule has 5 heteroatoms. The first-order valence-electron chi connectivity index (χ1n) is 6.64. The molecule has 2 aromatic rings. The molecule has 0 aliphatic heterocycles. The Bertz CT molecular complexity index is 631. The Labute approximate surface area is 139 Å². The first kappa shape index (κ1) is 16.6. The Morgan fingerprint density at radius 2 is 1.86 bits per heavy atom. The first-order valence-corrected chi connectivity index (χ1v) is 7.77. The van der Waals surface area contributed by atoms with E-state index in [1.54, 1.807) is 12.1 Å². The van der Waals surface area contributed by atoms with Crippen LogP contribution in [0.5, 0.6) is 0 Å². The largest absolute Gasteiger partial charge is 0.310 e. The summed E-state index contributed by atoms with van der Waals surface area (Å²) in [5.74, 6) is -0.343. The molecule has 0 radical (unpaired) electrons. The van der Waals surface area contributed by atoms with Gasteiger partial charge in [0.05, 0.1) is 10.0 Å². The van der Waals surface area contributed by atoms with Gasteiger partial charge in [-0.05, 0) is 42.3 Å². The maximum absolute atomic E-state index is 13.1. The van der Waals surface area contributed by atoms with Crippen LogP contribution in [0.25, 0.3) is 0 Å². The van der Waals surface area contributed by atoms with Gasteiger partial charge in [-0.25, -0.2) is 4.39 Å². The average Bonchev–Trinajstić information content (AvgIpc) is 2.44. The van der Waals surface area contributed by atoms with Gasteiger partial charge in [-0.3, -0.25) is 0 Å². The Kier molecular flexibility index (Phi) is 5.88. The smallest absolute Gasteiger partial charge is 0.124 e. The standard InChI is InChI=1S/C16H15Cl3FN/c1-2-21-15(12-4-3-5-13(17)16(12)19)8-10-6-7-11(20)9-14(10)18/h3-7,9,15,21H,2,8H2,1H3. The summed E-state index contributed by atoms with van der Waals surface area (Å²) in [7, 11) is 0. The van der Waals surface area contributed by atoms with Crippen LogP contribution in [0.2, 0.25) is 15.1 Å². The molecular formula is C16H15Cl3FN. The molecule has 0 bridgehead atoms. The highest BCUT2D eigenvalue weighted by Gasteiger charge is 2.17. The van der Waals surface area contributed by atoms with Crippen LogP contribution in [-0.4, -0.2) is 6.54 Å². The highest BCUT2D eigenvalue weighted by atomic mass is 35.5. The van der Waals surface area contributed by atoms with Crippen molar-refractivity contribution < 1.29 is 4.39 Å². The third-order valence-corrected chi connectivity index (χ3v) is 4.43. The van der Waals surface area contributed by atoms with Crippen LogP contribution in [0.3, 0.4) is 0 Å². The van der Waals surface area contributed by atoms with Gasteiger partial charge in [0.25, 0.3) is 0 Å². The fourth-order valence-corrected chi connectivity index (χ4v) is 2.92. The highest BCUT2D eigenvalue weighted by molar-refractivity contribution is 6.42. The normalized spacial score (nSPS) is 12.4. The van der Waals surface area contributed by atoms with Crippen LogP contribution < -0.4 is 5.32 Å². The van der Waals surface area contributed by atoms with E-state index in [1.807, 2.05) is 19.1 Å². The van der Waals surface area contributed by atoms with Crippen molar-refractivity contribution in [3.05, 3.63) is 68.4 Å². The highest BCUT2D eigenvalue weighted by Crippen LogP contribution is 2.32. The van der Waals surface area contributed by atoms with Crippen LogP contribution in [0.15, 0.2) is 36.4 Å². The Hall–Kier alpha value is -0.800. The lowest BCUT2D eigenvalue weighted by Crippen LogP contribution is -2.23. The molecule has 0 spiro atoms. The molecule has 112 valence electrons. The zero-order valence-electron chi connectivity index (χ0n) is 11.5. The predicted octanol–water partition coefficient (Wildman–Crippen LogP) is 5.68. The fourth-order valence-electron chi connectivity index (χ4n) is 2.24. The molecule has 0 saturated carbocycles. The molecule has 1 N–H and O–H groups in total. The summed E-state index contributed by atoms with van der Waals surface area (Å²) >= 11 is 18.5. The molecular weight excluding hydrogens is 332 g/mol. The summed E-state index contributed by atoms with van der Waals surface area (Å²) in [5, 5.41) is 4.82. The zero-order valence-corrected chi connectivity index (χ0v) is 13.7. The summed E-state index contributed by atoms with van der Waals surface area (Å²) in [6, 6.07) is 9.92. The van der Waals surface area contributed by atoms with Crippen LogP contribution >= 0.6 is 34.8 Å². The van der Waals surface area contributed by atoms with Gasteiger partial charge >= 0.3 is 0 Å². The maximum atomic E-state index is 13.1. The summed E-state index contributed by atoms with van der Waals surface area (Å²) in [6.07, 6.45) is 0.604. The second-order valence-corrected chi connectivity index (χ2v) is 5.89. The molecule has 2 rings (SSSR count). The SMILES string of the molecule is CCNC(Cc1ccc(F)cc1Cl)c1cccc(Cl)c1Cl. The van der Waals surface area contributed by atoms with E-state index in [1.165, 1.54) is 12.1 Å². The van der Waals surface area contributed by atoms with E-state index in [-0.39, 0.29) is 11.9 Å². The Morgan fingerprint density at radius 3 is 2.52 bits per heavy atom. The van der Waals surface area contributed by atoms with E-state index < -0.39 is 0 Å². The van der Waals surface area contributed by atoms with Gasteiger partial charge < -0.3 is 5.32 Å². The summed E-state index contributed by atoms with van der Waals surface area (Å²) in [4.78, 5) is 0. The molecule has 0 amide bonds. The quantitative estimate of drug-likeness (QED) is 0.734. The number of hydrogen-bond donors (Lipinski definition) is 1. The van der Waals surface area contributed by atoms with Crippen molar-refractivity contribution in [2.24, 2.45) is 0 Å². The van der Waals surface area contributed by atoms with E-state index in [4.69, 9.17) is 34.8 Å². The second kappa shape index (κ2) is 7.46. The molecule has 1 nitrogen and oxygen atoms in total. The van der Waals surface area contributed by atoms with Crippen molar-refractivity contribution >= 4 is 34.8 Å². The number of rotatable bonds is 5. The van der Waals surface area contributed by atoms with Gasteiger partial charge in [-0.2, -0.15) is 0 Å². The van der Waals surface area contributed by atoms with Crippen molar-refractivity contribution in [3.8, 4) is 0 Å². The molecule has 1 unspecified atom stereocenters. The van der Waals surface area contributed by atoms with E-state index in [9.17, 15) is 4.39 Å². The van der Waals surface area contributed by atoms with Gasteiger partial charge in [-0.1, -0.05) is 59.9 Å². The minimum Gasteiger partial charge on any atom is -0.310 e. The predicted molar refractivity (Wildman–Crippen MR) is 88.0 cm³/mol. The molecule has 0 aromatic heterocycles. The van der Waals surface area contributed by atoms with Crippen molar-refractivity contribution in [3.63, 3.8) is 0 Å². The molecule has 0 aliphatic carbocycles. The van der Waals surface area contributed by atoms with Crippen molar-refractivity contribution in [1.82, 2.24) is 5.32 Å². The molecule has 21 heavy (non-hydrogen) atoms. The Balaban J connectivity index is 2.33. The molecule has 1 atom stereocenters. The maximum Gasteiger partial charge on any atom is 0.124 e. The first-order chi connectivity index (χ1) is 10.0. The average molecular weight is 347 g/mol. The summed E-state index contributed by atoms with van der Waals surface area (Å²) in [6.45, 7) is 2.78. The van der Waals surface area contributed by atoms with Crippen molar-refractivity contribution in [2.45, 2.75) is 19.4 Å². The number of benzene rings is 2. The third-order valence-electron chi connectivity index (χ3n) is 3.25. The number of halogens is 4. The van der Waals surface area contributed by atoms with E-state index in [2.05, 4.69) is 5.32 Å². The number of nitrogens with one attached hydrogen (secondary N) is 1. The minimum absolute atomic E-state index is 0.0378. The second-order valence-electron chi connectivity index (χ2n) is 4.69. The third kappa shape index (κ3) is 4.10. The van der Waals surface area contributed by atoms with Gasteiger partial charge in [0.15, 0.2) is 0 Å². The zero-order chi connectivity index (χ0) is 15.4. The molecule has 2 aromatic carbocycles. The lowest BCUT2D eigenvalue weighted by atomic mass is 9.98. The topological polar surface area (TPSA) is 12.0 Å². The monoisotopic (exact) mass is 345 g/mol. The fraction of sp³-hybridized carbons (Fsp3) is 0.250. The van der Waals surface area contributed by atoms with Gasteiger partial charge in [-0.15, -0.1) is 0 Å². The Morgan fingerprint density at radius 1 is 1.10 bits per heavy atom. The minimum atomic E-state index is -0.343. The van der Waals surface area contributed by atoms with Gasteiger partial charge in [0, 0.05) is 11.1 Å². The van der Waals surface area contributed by atoms with Crippen molar-refractivity contribution in [2.75, 3.05) is 6.54 Å². The molecule has 0 saturated heterocycles. The summed E-state index contributed by atoms with van der Waals surface area (Å²) < 4.78 is 13.1. The molecule has 0 aliphatic rings. The van der Waals surface area contributed by atoms with E-state index in [0.29, 0.717) is 21.5 Å². The van der Waals surface area contributed by atoms with Crippen molar-refractivity contribution in [1.29, 1.82) is 0 Å². The number of hydrogen-bond acceptors (Lipinski definition) is 1. The summed E-state index contributed by atoms with van der Waals surface area (Å²) in [5.41, 5.74) is 1.77. The van der Waals surface area contributed by atoms with Gasteiger partial charge in [0.1, 0.15) is 5.82 Å². The lowest BCUT2D eigenvalue weighted by molar-refractivity contribution is 0.549.